The molecular weight excluding hydrogens is 234 g/mol. The number of nitrogens with zero attached hydrogens (tertiary/aromatic N) is 1. The van der Waals surface area contributed by atoms with Crippen LogP contribution in [-0.4, -0.2) is 48.6 Å². The van der Waals surface area contributed by atoms with Crippen molar-refractivity contribution >= 4 is 12.0 Å². The molecule has 0 aliphatic heterocycles. The molecule has 0 unspecified atom stereocenters. The highest BCUT2D eigenvalue weighted by molar-refractivity contribution is 5.78. The summed E-state index contributed by atoms with van der Waals surface area (Å²) in [5.41, 5.74) is -0.901. The monoisotopic (exact) mass is 250 g/mol. The number of hydrogen-bond acceptors (Lipinski definition) is 2. The molecule has 0 heterocycles. The molecule has 0 aromatic rings. The Balaban J connectivity index is 2.39. The van der Waals surface area contributed by atoms with Gasteiger partial charge in [0.25, 0.3) is 6.43 Å². The fourth-order valence-corrected chi connectivity index (χ4v) is 1.74. The van der Waals surface area contributed by atoms with Crippen molar-refractivity contribution in [1.82, 2.24) is 10.2 Å². The first-order valence-electron chi connectivity index (χ1n) is 5.38. The third kappa shape index (κ3) is 3.28. The van der Waals surface area contributed by atoms with Gasteiger partial charge in [0.15, 0.2) is 0 Å². The van der Waals surface area contributed by atoms with Crippen LogP contribution in [0, 0.1) is 5.41 Å². The van der Waals surface area contributed by atoms with Gasteiger partial charge in [0.05, 0.1) is 12.0 Å². The Morgan fingerprint density at radius 1 is 1.47 bits per heavy atom. The van der Waals surface area contributed by atoms with Gasteiger partial charge >= 0.3 is 12.0 Å². The second kappa shape index (κ2) is 5.29. The van der Waals surface area contributed by atoms with E-state index in [-0.39, 0.29) is 6.54 Å². The van der Waals surface area contributed by atoms with E-state index >= 15 is 0 Å². The molecule has 2 N–H and O–H groups in total. The molecule has 0 radical (unpaired) electrons. The molecular formula is C10H16F2N2O3. The van der Waals surface area contributed by atoms with E-state index in [9.17, 15) is 18.4 Å². The predicted molar refractivity (Wildman–Crippen MR) is 56.0 cm³/mol. The van der Waals surface area contributed by atoms with E-state index in [1.807, 2.05) is 0 Å². The lowest BCUT2D eigenvalue weighted by Gasteiger charge is -2.37. The molecule has 2 amide bonds. The Bertz CT molecular complexity index is 306. The van der Waals surface area contributed by atoms with Crippen LogP contribution in [0.1, 0.15) is 19.3 Å². The van der Waals surface area contributed by atoms with Crippen molar-refractivity contribution in [2.24, 2.45) is 5.41 Å². The summed E-state index contributed by atoms with van der Waals surface area (Å²) in [6.45, 7) is -0.666. The number of carboxylic acid groups (broad SMARTS) is 1. The zero-order valence-electron chi connectivity index (χ0n) is 9.58. The Labute approximate surface area is 97.8 Å². The second-order valence-electron chi connectivity index (χ2n) is 4.37. The van der Waals surface area contributed by atoms with E-state index in [2.05, 4.69) is 5.32 Å². The average Bonchev–Trinajstić information content (AvgIpc) is 2.13. The lowest BCUT2D eigenvalue weighted by molar-refractivity contribution is -0.153. The van der Waals surface area contributed by atoms with Gasteiger partial charge in [-0.3, -0.25) is 4.79 Å². The number of hydrogen-bond donors (Lipinski definition) is 2. The lowest BCUT2D eigenvalue weighted by Crippen LogP contribution is -2.50. The van der Waals surface area contributed by atoms with Gasteiger partial charge in [0.1, 0.15) is 0 Å². The minimum absolute atomic E-state index is 0.00521. The van der Waals surface area contributed by atoms with E-state index in [1.54, 1.807) is 0 Å². The highest BCUT2D eigenvalue weighted by Crippen LogP contribution is 2.40. The maximum atomic E-state index is 12.0. The van der Waals surface area contributed by atoms with Crippen LogP contribution in [-0.2, 0) is 4.79 Å². The van der Waals surface area contributed by atoms with Crippen LogP contribution in [0.2, 0.25) is 0 Å². The average molecular weight is 250 g/mol. The molecule has 1 saturated carbocycles. The van der Waals surface area contributed by atoms with Gasteiger partial charge in [-0.2, -0.15) is 0 Å². The zero-order valence-corrected chi connectivity index (χ0v) is 9.58. The quantitative estimate of drug-likeness (QED) is 0.769. The van der Waals surface area contributed by atoms with E-state index in [0.29, 0.717) is 12.8 Å². The third-order valence-electron chi connectivity index (χ3n) is 3.10. The largest absolute Gasteiger partial charge is 0.481 e. The summed E-state index contributed by atoms with van der Waals surface area (Å²) in [6.07, 6.45) is -0.750. The number of alkyl halides is 2. The highest BCUT2D eigenvalue weighted by atomic mass is 19.3. The van der Waals surface area contributed by atoms with Crippen molar-refractivity contribution in [2.75, 3.05) is 20.1 Å². The summed E-state index contributed by atoms with van der Waals surface area (Å²) in [4.78, 5) is 23.2. The van der Waals surface area contributed by atoms with Gasteiger partial charge in [0.2, 0.25) is 0 Å². The number of nitrogens with one attached hydrogen (secondary N) is 1. The van der Waals surface area contributed by atoms with E-state index in [0.717, 1.165) is 11.3 Å². The van der Waals surface area contributed by atoms with Gasteiger partial charge < -0.3 is 15.3 Å². The Morgan fingerprint density at radius 3 is 2.41 bits per heavy atom. The van der Waals surface area contributed by atoms with Crippen molar-refractivity contribution in [3.05, 3.63) is 0 Å². The lowest BCUT2D eigenvalue weighted by atomic mass is 9.69. The number of rotatable bonds is 5. The number of urea groups is 1. The molecule has 0 aromatic carbocycles. The Kier molecular flexibility index (Phi) is 4.25. The summed E-state index contributed by atoms with van der Waals surface area (Å²) in [6, 6.07) is -0.669. The number of carbonyl (C=O) groups excluding carboxylic acids is 1. The van der Waals surface area contributed by atoms with Gasteiger partial charge in [0, 0.05) is 13.6 Å². The number of amides is 2. The molecule has 5 nitrogen and oxygen atoms in total. The molecule has 0 saturated heterocycles. The van der Waals surface area contributed by atoms with Crippen LogP contribution in [0.4, 0.5) is 13.6 Å². The zero-order chi connectivity index (χ0) is 13.1. The summed E-state index contributed by atoms with van der Waals surface area (Å²) in [5, 5.41) is 11.4. The molecule has 7 heteroatoms. The topological polar surface area (TPSA) is 69.6 Å². The van der Waals surface area contributed by atoms with Crippen LogP contribution < -0.4 is 5.32 Å². The third-order valence-corrected chi connectivity index (χ3v) is 3.10. The standard InChI is InChI=1S/C10H16F2N2O3/c1-14(5-7(11)12)9(17)13-6-10(8(15)16)3-2-4-10/h7H,2-6H2,1H3,(H,13,17)(H,15,16). The van der Waals surface area contributed by atoms with E-state index in [1.165, 1.54) is 7.05 Å². The first-order chi connectivity index (χ1) is 7.87. The van der Waals surface area contributed by atoms with Gasteiger partial charge in [-0.25, -0.2) is 13.6 Å². The molecule has 0 spiro atoms. The van der Waals surface area contributed by atoms with Crippen molar-refractivity contribution < 1.29 is 23.5 Å². The molecule has 1 fully saturated rings. The summed E-state index contributed by atoms with van der Waals surface area (Å²) >= 11 is 0. The Hall–Kier alpha value is -1.40. The summed E-state index contributed by atoms with van der Waals surface area (Å²) in [7, 11) is 1.25. The maximum absolute atomic E-state index is 12.0. The first-order valence-corrected chi connectivity index (χ1v) is 5.38. The van der Waals surface area contributed by atoms with Gasteiger partial charge in [-0.1, -0.05) is 6.42 Å². The predicted octanol–water partition coefficient (Wildman–Crippen LogP) is 1.15. The first kappa shape index (κ1) is 13.7. The normalized spacial score (nSPS) is 17.4. The Morgan fingerprint density at radius 2 is 2.06 bits per heavy atom. The van der Waals surface area contributed by atoms with Crippen molar-refractivity contribution in [3.8, 4) is 0 Å². The summed E-state index contributed by atoms with van der Waals surface area (Å²) in [5.74, 6) is -0.944. The van der Waals surface area contributed by atoms with Gasteiger partial charge in [-0.15, -0.1) is 0 Å². The minimum Gasteiger partial charge on any atom is -0.481 e. The fourth-order valence-electron chi connectivity index (χ4n) is 1.74. The van der Waals surface area contributed by atoms with Crippen LogP contribution in [0.25, 0.3) is 0 Å². The van der Waals surface area contributed by atoms with Crippen LogP contribution in [0.5, 0.6) is 0 Å². The van der Waals surface area contributed by atoms with E-state index < -0.39 is 30.4 Å². The van der Waals surface area contributed by atoms with Crippen LogP contribution >= 0.6 is 0 Å². The van der Waals surface area contributed by atoms with Gasteiger partial charge in [-0.05, 0) is 12.8 Å². The highest BCUT2D eigenvalue weighted by Gasteiger charge is 2.44. The van der Waals surface area contributed by atoms with Crippen molar-refractivity contribution in [3.63, 3.8) is 0 Å². The maximum Gasteiger partial charge on any atom is 0.317 e. The molecule has 1 aliphatic rings. The minimum atomic E-state index is -2.59. The molecule has 0 aromatic heterocycles. The number of halogens is 2. The SMILES string of the molecule is CN(CC(F)F)C(=O)NCC1(C(=O)O)CCC1. The molecule has 1 rings (SSSR count). The van der Waals surface area contributed by atoms with Crippen molar-refractivity contribution in [1.29, 1.82) is 0 Å². The fraction of sp³-hybridized carbons (Fsp3) is 0.800. The summed E-state index contributed by atoms with van der Waals surface area (Å²) < 4.78 is 24.0. The van der Waals surface area contributed by atoms with Crippen molar-refractivity contribution in [2.45, 2.75) is 25.7 Å². The van der Waals surface area contributed by atoms with E-state index in [4.69, 9.17) is 5.11 Å². The van der Waals surface area contributed by atoms with Crippen LogP contribution in [0.3, 0.4) is 0 Å². The molecule has 1 aliphatic carbocycles. The number of aliphatic carboxylic acids is 1. The number of carbonyl (C=O) groups is 2. The molecule has 0 atom stereocenters. The molecule has 17 heavy (non-hydrogen) atoms. The number of carboxylic acids is 1. The molecule has 98 valence electrons. The van der Waals surface area contributed by atoms with Crippen LogP contribution in [0.15, 0.2) is 0 Å². The second-order valence-corrected chi connectivity index (χ2v) is 4.37. The smallest absolute Gasteiger partial charge is 0.317 e. The molecule has 0 bridgehead atoms.